The molecule has 2 aromatic rings. The summed E-state index contributed by atoms with van der Waals surface area (Å²) in [5.74, 6) is -0.450. The Labute approximate surface area is 227 Å². The number of aliphatic hydroxyl groups is 4. The van der Waals surface area contributed by atoms with Crippen molar-refractivity contribution in [1.29, 1.82) is 0 Å². The first-order valence-corrected chi connectivity index (χ1v) is 13.3. The summed E-state index contributed by atoms with van der Waals surface area (Å²) in [6.45, 7) is -0.645. The summed E-state index contributed by atoms with van der Waals surface area (Å²) < 4.78 is 45.1. The predicted molar refractivity (Wildman–Crippen MR) is 136 cm³/mol. The maximum atomic E-state index is 12.1. The smallest absolute Gasteiger partial charge is 0.295 e. The van der Waals surface area contributed by atoms with Gasteiger partial charge in [0.05, 0.1) is 16.7 Å². The van der Waals surface area contributed by atoms with Crippen LogP contribution in [0, 0.1) is 0 Å². The molecule has 1 fully saturated rings. The number of aliphatic hydroxyl groups excluding tert-OH is 4. The van der Waals surface area contributed by atoms with Gasteiger partial charge in [0, 0.05) is 5.56 Å². The fraction of sp³-hybridized carbons (Fsp3) is 0.240. The number of ketones is 1. The van der Waals surface area contributed by atoms with Gasteiger partial charge in [0.15, 0.2) is 5.78 Å². The third-order valence-electron chi connectivity index (χ3n) is 5.97. The Balaban J connectivity index is 1.79. The van der Waals surface area contributed by atoms with E-state index in [-0.39, 0.29) is 26.9 Å². The number of halogens is 2. The van der Waals surface area contributed by atoms with Crippen LogP contribution in [0.5, 0.6) is 5.75 Å². The Morgan fingerprint density at radius 3 is 2.34 bits per heavy atom. The van der Waals surface area contributed by atoms with Crippen LogP contribution in [0.25, 0.3) is 5.57 Å². The molecule has 13 heteroatoms. The van der Waals surface area contributed by atoms with Crippen molar-refractivity contribution >= 4 is 44.7 Å². The quantitative estimate of drug-likeness (QED) is 0.315. The van der Waals surface area contributed by atoms with Gasteiger partial charge in [-0.3, -0.25) is 9.35 Å². The fourth-order valence-electron chi connectivity index (χ4n) is 4.07. The molecule has 2 aromatic carbocycles. The molecule has 2 aliphatic rings. The molecule has 0 aromatic heterocycles. The molecule has 5 unspecified atom stereocenters. The first-order chi connectivity index (χ1) is 17.9. The van der Waals surface area contributed by atoms with Crippen LogP contribution < -0.4 is 4.74 Å². The van der Waals surface area contributed by atoms with Crippen molar-refractivity contribution in [1.82, 2.24) is 0 Å². The minimum Gasteiger partial charge on any atom is -0.460 e. The van der Waals surface area contributed by atoms with Crippen molar-refractivity contribution in [3.63, 3.8) is 0 Å². The summed E-state index contributed by atoms with van der Waals surface area (Å²) in [5, 5.41) is 39.5. The van der Waals surface area contributed by atoms with Gasteiger partial charge >= 0.3 is 0 Å². The van der Waals surface area contributed by atoms with E-state index in [0.29, 0.717) is 11.1 Å². The highest BCUT2D eigenvalue weighted by Crippen LogP contribution is 2.38. The van der Waals surface area contributed by atoms with Crippen LogP contribution in [0.15, 0.2) is 76.2 Å². The van der Waals surface area contributed by atoms with Gasteiger partial charge < -0.3 is 29.9 Å². The maximum absolute atomic E-state index is 12.1. The highest BCUT2D eigenvalue weighted by atomic mass is 35.5. The zero-order chi connectivity index (χ0) is 27.8. The first-order valence-electron chi connectivity index (χ1n) is 11.1. The van der Waals surface area contributed by atoms with Gasteiger partial charge in [-0.15, -0.1) is 0 Å². The normalized spacial score (nSPS) is 27.2. The standard InChI is InChI=1S/C25H22Cl2O10S/c26-15-9-12(5-7-17(15)29)21(14-3-1-2-4-20(14)38(33,34)35)13-6-8-18(16(27)10-13)36-25-24(32)23(31)22(30)19(11-28)37-25/h1-10,19,22-25,28,30-32H,11H2,(H,33,34,35). The van der Waals surface area contributed by atoms with E-state index in [4.69, 9.17) is 32.7 Å². The van der Waals surface area contributed by atoms with E-state index in [1.165, 1.54) is 54.6 Å². The van der Waals surface area contributed by atoms with Gasteiger partial charge in [-0.1, -0.05) is 53.5 Å². The van der Waals surface area contributed by atoms with Crippen LogP contribution in [-0.4, -0.2) is 76.5 Å². The molecule has 38 heavy (non-hydrogen) atoms. The number of allylic oxidation sites excluding steroid dienone is 5. The minimum atomic E-state index is -4.66. The van der Waals surface area contributed by atoms with Crippen molar-refractivity contribution < 1.29 is 47.7 Å². The Kier molecular flexibility index (Phi) is 8.43. The molecule has 202 valence electrons. The lowest BCUT2D eigenvalue weighted by atomic mass is 9.90. The second kappa shape index (κ2) is 11.3. The lowest BCUT2D eigenvalue weighted by molar-refractivity contribution is -0.277. The van der Waals surface area contributed by atoms with E-state index < -0.39 is 58.1 Å². The molecule has 1 aliphatic carbocycles. The van der Waals surface area contributed by atoms with E-state index in [0.717, 1.165) is 0 Å². The molecule has 0 bridgehead atoms. The SMILES string of the molecule is O=C1C=CC(=C(c2ccc(OC3OC(CO)C(O)C(O)C3O)c(Cl)c2)c2ccccc2S(=O)(=O)O)C=C1Cl. The summed E-state index contributed by atoms with van der Waals surface area (Å²) in [4.78, 5) is 11.5. The van der Waals surface area contributed by atoms with Gasteiger partial charge in [-0.25, -0.2) is 0 Å². The number of carbonyl (C=O) groups is 1. The predicted octanol–water partition coefficient (Wildman–Crippen LogP) is 1.83. The molecule has 4 rings (SSSR count). The van der Waals surface area contributed by atoms with E-state index in [2.05, 4.69) is 0 Å². The van der Waals surface area contributed by atoms with Crippen molar-refractivity contribution in [3.8, 4) is 5.75 Å². The third-order valence-corrected chi connectivity index (χ3v) is 7.47. The highest BCUT2D eigenvalue weighted by Gasteiger charge is 2.44. The van der Waals surface area contributed by atoms with E-state index >= 15 is 0 Å². The Morgan fingerprint density at radius 2 is 1.71 bits per heavy atom. The molecule has 0 radical (unpaired) electrons. The third kappa shape index (κ3) is 5.71. The van der Waals surface area contributed by atoms with E-state index in [1.807, 2.05) is 0 Å². The summed E-state index contributed by atoms with van der Waals surface area (Å²) in [6.07, 6.45) is -3.56. The molecule has 1 saturated heterocycles. The van der Waals surface area contributed by atoms with Crippen molar-refractivity contribution in [2.45, 2.75) is 35.6 Å². The lowest BCUT2D eigenvalue weighted by Crippen LogP contribution is -2.60. The molecule has 0 saturated carbocycles. The topological polar surface area (TPSA) is 171 Å². The van der Waals surface area contributed by atoms with Gasteiger partial charge in [0.25, 0.3) is 10.1 Å². The molecule has 5 atom stereocenters. The number of benzene rings is 2. The highest BCUT2D eigenvalue weighted by molar-refractivity contribution is 7.86. The molecule has 10 nitrogen and oxygen atoms in total. The first kappa shape index (κ1) is 28.4. The molecule has 0 spiro atoms. The fourth-order valence-corrected chi connectivity index (χ4v) is 5.18. The van der Waals surface area contributed by atoms with Gasteiger partial charge in [0.1, 0.15) is 35.1 Å². The molecule has 1 aliphatic heterocycles. The van der Waals surface area contributed by atoms with Crippen LogP contribution in [0.1, 0.15) is 11.1 Å². The monoisotopic (exact) mass is 584 g/mol. The zero-order valence-corrected chi connectivity index (χ0v) is 21.6. The second-order valence-corrected chi connectivity index (χ2v) is 10.7. The second-order valence-electron chi connectivity index (χ2n) is 8.45. The van der Waals surface area contributed by atoms with Crippen LogP contribution in [0.4, 0.5) is 0 Å². The Hall–Kier alpha value is -2.58. The van der Waals surface area contributed by atoms with E-state index in [1.54, 1.807) is 6.07 Å². The Morgan fingerprint density at radius 1 is 1.00 bits per heavy atom. The number of hydrogen-bond donors (Lipinski definition) is 5. The molecular formula is C25H22Cl2O10S. The van der Waals surface area contributed by atoms with Crippen molar-refractivity contribution in [2.75, 3.05) is 6.61 Å². The number of ether oxygens (including phenoxy) is 2. The van der Waals surface area contributed by atoms with Crippen molar-refractivity contribution in [2.24, 2.45) is 0 Å². The van der Waals surface area contributed by atoms with E-state index in [9.17, 15) is 38.2 Å². The summed E-state index contributed by atoms with van der Waals surface area (Å²) in [5.41, 5.74) is 1.07. The van der Waals surface area contributed by atoms with Gasteiger partial charge in [0.2, 0.25) is 6.29 Å². The largest absolute Gasteiger partial charge is 0.460 e. The number of rotatable bonds is 6. The summed E-state index contributed by atoms with van der Waals surface area (Å²) in [6, 6.07) is 9.97. The van der Waals surface area contributed by atoms with Crippen molar-refractivity contribution in [3.05, 3.63) is 87.4 Å². The lowest BCUT2D eigenvalue weighted by Gasteiger charge is -2.39. The van der Waals surface area contributed by atoms with Gasteiger partial charge in [-0.05, 0) is 47.1 Å². The van der Waals surface area contributed by atoms with Crippen LogP contribution >= 0.6 is 23.2 Å². The minimum absolute atomic E-state index is 0.00454. The number of carbonyl (C=O) groups excluding carboxylic acids is 1. The maximum Gasteiger partial charge on any atom is 0.295 e. The molecule has 1 heterocycles. The van der Waals surface area contributed by atoms with Crippen LogP contribution in [0.2, 0.25) is 5.02 Å². The summed E-state index contributed by atoms with van der Waals surface area (Å²) in [7, 11) is -4.66. The van der Waals surface area contributed by atoms with Gasteiger partial charge in [-0.2, -0.15) is 8.42 Å². The summed E-state index contributed by atoms with van der Waals surface area (Å²) >= 11 is 12.5. The molecule has 0 amide bonds. The molecule has 5 N–H and O–H groups in total. The average Bonchev–Trinajstić information content (AvgIpc) is 2.87. The average molecular weight is 585 g/mol. The molecular weight excluding hydrogens is 563 g/mol. The van der Waals surface area contributed by atoms with Crippen LogP contribution in [0.3, 0.4) is 0 Å². The van der Waals surface area contributed by atoms with Crippen LogP contribution in [-0.2, 0) is 19.6 Å². The number of hydrogen-bond acceptors (Lipinski definition) is 9. The zero-order valence-electron chi connectivity index (χ0n) is 19.3. The Bertz CT molecular complexity index is 1450.